The van der Waals surface area contributed by atoms with E-state index in [1.54, 1.807) is 0 Å². The molecule has 1 saturated carbocycles. The molecule has 0 aromatic rings. The Hall–Kier alpha value is 0.440. The molecule has 0 spiro atoms. The Kier molecular flexibility index (Phi) is 9.00. The molecule has 12 heteroatoms. The highest BCUT2D eigenvalue weighted by atomic mass is 33.2. The van der Waals surface area contributed by atoms with Crippen molar-refractivity contribution < 1.29 is 25.9 Å². The van der Waals surface area contributed by atoms with Crippen LogP contribution < -0.4 is 10.6 Å². The van der Waals surface area contributed by atoms with Crippen LogP contribution in [0.4, 0.5) is 0 Å². The zero-order valence-corrected chi connectivity index (χ0v) is 15.2. The molecule has 0 amide bonds. The standard InChI is InChI=1S/C10H22N2O6S4/c13-21(14,15)19-7-5-11-9-1-2-10(4-3-9)12-6-8-20-22(16,17)18/h9-12H,1-8H2,(H,13,14,15)(H,16,17,18). The highest BCUT2D eigenvalue weighted by Gasteiger charge is 2.20. The lowest BCUT2D eigenvalue weighted by molar-refractivity contribution is 0.315. The van der Waals surface area contributed by atoms with Crippen LogP contribution in [0.25, 0.3) is 0 Å². The Balaban J connectivity index is 2.06. The molecule has 4 N–H and O–H groups in total. The molecule has 1 aliphatic carbocycles. The minimum absolute atomic E-state index is 0.309. The topological polar surface area (TPSA) is 133 Å². The van der Waals surface area contributed by atoms with E-state index >= 15 is 0 Å². The molecule has 0 aromatic heterocycles. The third-order valence-corrected chi connectivity index (χ3v) is 7.39. The fraction of sp³-hybridized carbons (Fsp3) is 1.00. The van der Waals surface area contributed by atoms with E-state index in [2.05, 4.69) is 10.6 Å². The molecule has 0 aromatic carbocycles. The van der Waals surface area contributed by atoms with E-state index in [1.165, 1.54) is 0 Å². The molecule has 0 radical (unpaired) electrons. The lowest BCUT2D eigenvalue weighted by Crippen LogP contribution is -2.41. The third-order valence-electron chi connectivity index (χ3n) is 3.26. The summed E-state index contributed by atoms with van der Waals surface area (Å²) in [5.74, 6) is 0.619. The molecule has 22 heavy (non-hydrogen) atoms. The molecule has 0 aliphatic heterocycles. The first kappa shape index (κ1) is 20.5. The van der Waals surface area contributed by atoms with Crippen molar-refractivity contribution in [2.75, 3.05) is 24.6 Å². The van der Waals surface area contributed by atoms with Crippen LogP contribution in [0.15, 0.2) is 0 Å². The Labute approximate surface area is 138 Å². The first-order valence-electron chi connectivity index (χ1n) is 6.86. The Morgan fingerprint density at radius 3 is 1.36 bits per heavy atom. The minimum Gasteiger partial charge on any atom is -0.313 e. The van der Waals surface area contributed by atoms with Crippen LogP contribution in [0.1, 0.15) is 25.7 Å². The molecule has 132 valence electrons. The van der Waals surface area contributed by atoms with Gasteiger partial charge in [-0.2, -0.15) is 16.8 Å². The van der Waals surface area contributed by atoms with Gasteiger partial charge in [-0.25, -0.2) is 0 Å². The van der Waals surface area contributed by atoms with Crippen molar-refractivity contribution in [3.8, 4) is 0 Å². The number of hydrogen-bond acceptors (Lipinski definition) is 8. The van der Waals surface area contributed by atoms with Gasteiger partial charge in [0, 0.05) is 36.7 Å². The number of hydrogen-bond donors (Lipinski definition) is 4. The maximum atomic E-state index is 10.5. The second-order valence-corrected chi connectivity index (χ2v) is 11.9. The summed E-state index contributed by atoms with van der Waals surface area (Å²) in [6.45, 7) is 1.05. The molecule has 1 rings (SSSR count). The highest BCUT2D eigenvalue weighted by molar-refractivity contribution is 8.70. The summed E-state index contributed by atoms with van der Waals surface area (Å²) in [5, 5.41) is 6.52. The summed E-state index contributed by atoms with van der Waals surface area (Å²) in [6, 6.07) is 0.680. The van der Waals surface area contributed by atoms with Gasteiger partial charge in [-0.15, -0.1) is 0 Å². The lowest BCUT2D eigenvalue weighted by atomic mass is 9.91. The predicted octanol–water partition coefficient (Wildman–Crippen LogP) is 0.549. The molecule has 1 aliphatic rings. The summed E-state index contributed by atoms with van der Waals surface area (Å²) >= 11 is 0. The van der Waals surface area contributed by atoms with E-state index in [0.717, 1.165) is 25.7 Å². The SMILES string of the molecule is O=S(=O)(O)SCCNC1CCC(NCCSS(=O)(=O)O)CC1. The fourth-order valence-corrected chi connectivity index (χ4v) is 4.91. The number of nitrogens with one attached hydrogen (secondary N) is 2. The van der Waals surface area contributed by atoms with Crippen LogP contribution >= 0.6 is 21.6 Å². The third kappa shape index (κ3) is 11.0. The number of rotatable bonds is 10. The van der Waals surface area contributed by atoms with Crippen molar-refractivity contribution in [2.45, 2.75) is 37.8 Å². The van der Waals surface area contributed by atoms with Gasteiger partial charge in [0.15, 0.2) is 0 Å². The Bertz CT molecular complexity index is 468. The summed E-state index contributed by atoms with van der Waals surface area (Å²) < 4.78 is 59.3. The van der Waals surface area contributed by atoms with Crippen LogP contribution in [0.3, 0.4) is 0 Å². The van der Waals surface area contributed by atoms with Crippen LogP contribution in [-0.2, 0) is 18.3 Å². The van der Waals surface area contributed by atoms with E-state index in [9.17, 15) is 16.8 Å². The van der Waals surface area contributed by atoms with Crippen molar-refractivity contribution in [1.29, 1.82) is 0 Å². The molecule has 0 bridgehead atoms. The average molecular weight is 395 g/mol. The lowest BCUT2D eigenvalue weighted by Gasteiger charge is -2.29. The van der Waals surface area contributed by atoms with Gasteiger partial charge in [-0.05, 0) is 47.3 Å². The Morgan fingerprint density at radius 2 is 1.09 bits per heavy atom. The summed E-state index contributed by atoms with van der Waals surface area (Å²) in [7, 11) is -6.87. The molecule has 8 nitrogen and oxygen atoms in total. The van der Waals surface area contributed by atoms with Gasteiger partial charge in [0.05, 0.1) is 0 Å². The quantitative estimate of drug-likeness (QED) is 0.236. The predicted molar refractivity (Wildman–Crippen MR) is 90.1 cm³/mol. The summed E-state index contributed by atoms with van der Waals surface area (Å²) in [4.78, 5) is 0. The largest absolute Gasteiger partial charge is 0.319 e. The van der Waals surface area contributed by atoms with E-state index in [4.69, 9.17) is 9.11 Å². The maximum absolute atomic E-state index is 10.5. The molecule has 0 unspecified atom stereocenters. The van der Waals surface area contributed by atoms with Crippen LogP contribution in [0, 0.1) is 0 Å². The second-order valence-electron chi connectivity index (χ2n) is 4.96. The zero-order chi connectivity index (χ0) is 16.6. The van der Waals surface area contributed by atoms with Gasteiger partial charge in [-0.1, -0.05) is 0 Å². The first-order chi connectivity index (χ1) is 10.2. The monoisotopic (exact) mass is 394 g/mol. The van der Waals surface area contributed by atoms with Crippen LogP contribution in [-0.4, -0.2) is 62.6 Å². The van der Waals surface area contributed by atoms with Crippen molar-refractivity contribution in [3.05, 3.63) is 0 Å². The van der Waals surface area contributed by atoms with Crippen molar-refractivity contribution >= 4 is 39.9 Å². The fourth-order valence-electron chi connectivity index (χ4n) is 2.32. The smallest absolute Gasteiger partial charge is 0.313 e. The second kappa shape index (κ2) is 9.67. The normalized spacial score (nSPS) is 23.5. The van der Waals surface area contributed by atoms with E-state index in [1.807, 2.05) is 0 Å². The summed E-state index contributed by atoms with van der Waals surface area (Å²) in [6.07, 6.45) is 3.83. The van der Waals surface area contributed by atoms with Gasteiger partial charge < -0.3 is 10.6 Å². The maximum Gasteiger partial charge on any atom is 0.319 e. The molecule has 0 saturated heterocycles. The van der Waals surface area contributed by atoms with Crippen molar-refractivity contribution in [1.82, 2.24) is 10.6 Å². The minimum atomic E-state index is -3.96. The Morgan fingerprint density at radius 1 is 0.773 bits per heavy atom. The van der Waals surface area contributed by atoms with Gasteiger partial charge in [0.2, 0.25) is 0 Å². The molecular weight excluding hydrogens is 372 g/mol. The van der Waals surface area contributed by atoms with Crippen molar-refractivity contribution in [2.24, 2.45) is 0 Å². The van der Waals surface area contributed by atoms with Gasteiger partial charge in [0.1, 0.15) is 0 Å². The first-order valence-corrected chi connectivity index (χ1v) is 12.7. The molecule has 0 heterocycles. The average Bonchev–Trinajstić information content (AvgIpc) is 2.39. The van der Waals surface area contributed by atoms with Crippen LogP contribution in [0.5, 0.6) is 0 Å². The van der Waals surface area contributed by atoms with E-state index in [0.29, 0.717) is 58.3 Å². The molecular formula is C10H22N2O6S4. The van der Waals surface area contributed by atoms with Crippen molar-refractivity contribution in [3.63, 3.8) is 0 Å². The van der Waals surface area contributed by atoms with E-state index in [-0.39, 0.29) is 0 Å². The molecule has 0 atom stereocenters. The highest BCUT2D eigenvalue weighted by Crippen LogP contribution is 2.19. The zero-order valence-electron chi connectivity index (χ0n) is 12.0. The van der Waals surface area contributed by atoms with Crippen LogP contribution in [0.2, 0.25) is 0 Å². The van der Waals surface area contributed by atoms with Gasteiger partial charge >= 0.3 is 18.3 Å². The van der Waals surface area contributed by atoms with Gasteiger partial charge in [-0.3, -0.25) is 9.11 Å². The molecule has 1 fully saturated rings. The van der Waals surface area contributed by atoms with E-state index < -0.39 is 18.3 Å². The summed E-state index contributed by atoms with van der Waals surface area (Å²) in [5.41, 5.74) is 0. The van der Waals surface area contributed by atoms with Gasteiger partial charge in [0.25, 0.3) is 0 Å².